The van der Waals surface area contributed by atoms with Crippen molar-refractivity contribution in [3.63, 3.8) is 0 Å². The summed E-state index contributed by atoms with van der Waals surface area (Å²) >= 11 is 0. The minimum Gasteiger partial charge on any atom is -0.547 e. The van der Waals surface area contributed by atoms with Gasteiger partial charge >= 0.3 is 88.7 Å². The van der Waals surface area contributed by atoms with Crippen LogP contribution in [0.5, 0.6) is 0 Å². The summed E-state index contributed by atoms with van der Waals surface area (Å²) < 4.78 is 4.24. The molecule has 0 amide bonds. The van der Waals surface area contributed by atoms with E-state index in [9.17, 15) is 29.7 Å². The van der Waals surface area contributed by atoms with Gasteiger partial charge in [0.05, 0.1) is 24.0 Å². The van der Waals surface area contributed by atoms with Crippen LogP contribution in [0, 0.1) is 0 Å². The molecular formula is C7H7Na3O7. The molecule has 0 saturated carbocycles. The van der Waals surface area contributed by atoms with E-state index in [1.54, 1.807) is 0 Å². The van der Waals surface area contributed by atoms with Gasteiger partial charge in [-0.05, 0) is 13.8 Å². The van der Waals surface area contributed by atoms with Crippen molar-refractivity contribution in [3.8, 4) is 0 Å². The van der Waals surface area contributed by atoms with Crippen molar-refractivity contribution in [2.45, 2.75) is 25.6 Å². The molecule has 0 aliphatic rings. The van der Waals surface area contributed by atoms with Gasteiger partial charge in [-0.1, -0.05) is 0 Å². The minimum absolute atomic E-state index is 0. The van der Waals surface area contributed by atoms with Crippen molar-refractivity contribution in [2.24, 2.45) is 0 Å². The number of ether oxygens (including phenoxy) is 1. The molecule has 0 heterocycles. The Morgan fingerprint density at radius 1 is 1.00 bits per heavy atom. The summed E-state index contributed by atoms with van der Waals surface area (Å²) in [6.45, 7) is 1.55. The van der Waals surface area contributed by atoms with E-state index < -0.39 is 29.6 Å². The Kier molecular flexibility index (Phi) is 17.7. The number of carboxylic acids is 3. The Morgan fingerprint density at radius 2 is 1.29 bits per heavy atom. The molecule has 17 heavy (non-hydrogen) atoms. The second-order valence-electron chi connectivity index (χ2n) is 2.69. The maximum Gasteiger partial charge on any atom is 1.00 e. The molecule has 1 unspecified atom stereocenters. The van der Waals surface area contributed by atoms with Crippen molar-refractivity contribution >= 4 is 17.9 Å². The predicted octanol–water partition coefficient (Wildman–Crippen LogP) is -13.6. The number of rotatable bonds is 5. The molecule has 0 aliphatic heterocycles. The van der Waals surface area contributed by atoms with Crippen LogP contribution in [0.2, 0.25) is 0 Å². The van der Waals surface area contributed by atoms with Crippen LogP contribution < -0.4 is 104 Å². The Hall–Kier alpha value is 1.37. The largest absolute Gasteiger partial charge is 1.00 e. The molecular weight excluding hydrogens is 265 g/mol. The van der Waals surface area contributed by atoms with Crippen molar-refractivity contribution < 1.29 is 123 Å². The van der Waals surface area contributed by atoms with E-state index in [-0.39, 0.29) is 88.7 Å². The molecule has 0 aromatic rings. The first-order valence-corrected chi connectivity index (χ1v) is 3.53. The molecule has 0 N–H and O–H groups in total. The second-order valence-corrected chi connectivity index (χ2v) is 2.69. The summed E-state index contributed by atoms with van der Waals surface area (Å²) in [6, 6.07) is 0. The monoisotopic (exact) mass is 272 g/mol. The zero-order chi connectivity index (χ0) is 11.5. The van der Waals surface area contributed by atoms with Gasteiger partial charge in [0, 0.05) is 0 Å². The van der Waals surface area contributed by atoms with Gasteiger partial charge in [0.1, 0.15) is 5.60 Å². The quantitative estimate of drug-likeness (QED) is 0.358. The fourth-order valence-electron chi connectivity index (χ4n) is 0.581. The predicted molar refractivity (Wildman–Crippen MR) is 34.0 cm³/mol. The molecule has 7 nitrogen and oxygen atoms in total. The van der Waals surface area contributed by atoms with E-state index in [0.29, 0.717) is 6.92 Å². The third-order valence-corrected chi connectivity index (χ3v) is 1.52. The van der Waals surface area contributed by atoms with E-state index in [1.165, 1.54) is 0 Å². The fraction of sp³-hybridized carbons (Fsp3) is 0.571. The van der Waals surface area contributed by atoms with Gasteiger partial charge < -0.3 is 34.4 Å². The van der Waals surface area contributed by atoms with Crippen molar-refractivity contribution in [1.29, 1.82) is 0 Å². The van der Waals surface area contributed by atoms with Gasteiger partial charge in [-0.2, -0.15) is 0 Å². The topological polar surface area (TPSA) is 130 Å². The normalized spacial score (nSPS) is 10.9. The van der Waals surface area contributed by atoms with Gasteiger partial charge in [0.2, 0.25) is 0 Å². The summed E-state index contributed by atoms with van der Waals surface area (Å²) in [7, 11) is 0. The van der Waals surface area contributed by atoms with E-state index in [2.05, 4.69) is 4.74 Å². The molecule has 0 bridgehead atoms. The van der Waals surface area contributed by atoms with Crippen LogP contribution in [0.3, 0.4) is 0 Å². The van der Waals surface area contributed by atoms with E-state index >= 15 is 0 Å². The Balaban J connectivity index is -0.000000282. The third-order valence-electron chi connectivity index (χ3n) is 1.52. The first-order valence-electron chi connectivity index (χ1n) is 3.53. The second kappa shape index (κ2) is 11.2. The molecule has 1 atom stereocenters. The molecule has 0 aliphatic carbocycles. The van der Waals surface area contributed by atoms with E-state index in [4.69, 9.17) is 0 Å². The average Bonchev–Trinajstić information content (AvgIpc) is 2.02. The molecule has 0 aromatic carbocycles. The third kappa shape index (κ3) is 8.20. The van der Waals surface area contributed by atoms with Crippen LogP contribution in [-0.4, -0.2) is 29.6 Å². The summed E-state index contributed by atoms with van der Waals surface area (Å²) in [5, 5.41) is 30.9. The molecule has 10 heteroatoms. The molecule has 0 aromatic heterocycles. The Bertz CT molecular complexity index is 267. The van der Waals surface area contributed by atoms with Crippen molar-refractivity contribution in [3.05, 3.63) is 0 Å². The van der Waals surface area contributed by atoms with Crippen LogP contribution in [0.25, 0.3) is 0 Å². The molecule has 0 spiro atoms. The Morgan fingerprint density at radius 3 is 1.47 bits per heavy atom. The summed E-state index contributed by atoms with van der Waals surface area (Å²) in [5.74, 6) is -5.92. The van der Waals surface area contributed by atoms with E-state index in [0.717, 1.165) is 6.92 Å². The van der Waals surface area contributed by atoms with Crippen LogP contribution in [0.4, 0.5) is 0 Å². The number of carboxylic acid groups (broad SMARTS) is 3. The zero-order valence-corrected chi connectivity index (χ0v) is 16.4. The SMILES string of the molecule is CC(OC(C)(C(=O)[O-])C(=O)[O-])C(=O)[O-].[Na+].[Na+].[Na+]. The van der Waals surface area contributed by atoms with Gasteiger partial charge in [-0.15, -0.1) is 0 Å². The first kappa shape index (κ1) is 26.8. The maximum absolute atomic E-state index is 10.4. The smallest absolute Gasteiger partial charge is 0.547 e. The van der Waals surface area contributed by atoms with Crippen LogP contribution in [-0.2, 0) is 19.1 Å². The summed E-state index contributed by atoms with van der Waals surface area (Å²) in [5.41, 5.74) is -2.81. The number of hydrogen-bond acceptors (Lipinski definition) is 7. The molecule has 0 saturated heterocycles. The fourth-order valence-corrected chi connectivity index (χ4v) is 0.581. The van der Waals surface area contributed by atoms with Gasteiger partial charge in [0.15, 0.2) is 0 Å². The van der Waals surface area contributed by atoms with E-state index in [1.807, 2.05) is 0 Å². The maximum atomic E-state index is 10.4. The molecule has 0 fully saturated rings. The first-order chi connectivity index (χ1) is 6.21. The van der Waals surface area contributed by atoms with Gasteiger partial charge in [-0.25, -0.2) is 0 Å². The molecule has 0 radical (unpaired) electrons. The average molecular weight is 272 g/mol. The van der Waals surface area contributed by atoms with Crippen LogP contribution in [0.15, 0.2) is 0 Å². The van der Waals surface area contributed by atoms with Crippen molar-refractivity contribution in [2.75, 3.05) is 0 Å². The number of aliphatic carboxylic acids is 3. The standard InChI is InChI=1S/C7H10O7.3Na/c1-3(4(8)9)14-7(2,5(10)11)6(12)13;;;/h3H,1-2H3,(H,8,9)(H,10,11)(H,12,13);;;/q;3*+1/p-3. The van der Waals surface area contributed by atoms with Crippen molar-refractivity contribution in [1.82, 2.24) is 0 Å². The Labute approximate surface area is 164 Å². The van der Waals surface area contributed by atoms with Crippen LogP contribution in [0.1, 0.15) is 13.8 Å². The number of carbonyl (C=O) groups excluding carboxylic acids is 3. The zero-order valence-electron chi connectivity index (χ0n) is 10.4. The van der Waals surface area contributed by atoms with Gasteiger partial charge in [0.25, 0.3) is 0 Å². The number of carbonyl (C=O) groups is 3. The summed E-state index contributed by atoms with van der Waals surface area (Å²) in [6.07, 6.45) is -1.70. The summed E-state index contributed by atoms with van der Waals surface area (Å²) in [4.78, 5) is 30.9. The van der Waals surface area contributed by atoms with Crippen LogP contribution >= 0.6 is 0 Å². The molecule has 80 valence electrons. The minimum atomic E-state index is -2.81. The molecule has 0 rings (SSSR count). The van der Waals surface area contributed by atoms with Gasteiger partial charge in [-0.3, -0.25) is 0 Å². The number of hydrogen-bond donors (Lipinski definition) is 0.